The number of nitrogens with zero attached hydrogens (tertiary/aromatic N) is 1. The minimum atomic E-state index is -0.127. The summed E-state index contributed by atoms with van der Waals surface area (Å²) in [4.78, 5) is 12.2. The fourth-order valence-corrected chi connectivity index (χ4v) is 2.33. The maximum absolute atomic E-state index is 12.2. The van der Waals surface area contributed by atoms with Gasteiger partial charge in [-0.2, -0.15) is 0 Å². The Kier molecular flexibility index (Phi) is 4.13. The van der Waals surface area contributed by atoms with E-state index in [9.17, 15) is 4.79 Å². The van der Waals surface area contributed by atoms with E-state index in [0.29, 0.717) is 6.54 Å². The van der Waals surface area contributed by atoms with Gasteiger partial charge < -0.3 is 15.0 Å². The molecule has 0 amide bonds. The van der Waals surface area contributed by atoms with Gasteiger partial charge in [0.15, 0.2) is 0 Å². The van der Waals surface area contributed by atoms with E-state index in [1.165, 1.54) is 0 Å². The van der Waals surface area contributed by atoms with Crippen molar-refractivity contribution < 1.29 is 4.74 Å². The van der Waals surface area contributed by atoms with Crippen molar-refractivity contribution in [3.8, 4) is 17.0 Å². The van der Waals surface area contributed by atoms with Crippen molar-refractivity contribution in [3.05, 3.63) is 46.2 Å². The third kappa shape index (κ3) is 2.54. The third-order valence-corrected chi connectivity index (χ3v) is 3.34. The molecule has 4 nitrogen and oxygen atoms in total. The number of rotatable bonds is 4. The molecular formula is C16H20N2O2. The number of ether oxygens (including phenoxy) is 1. The standard InChI is InChI=1S/C16H20N2O2/c1-4-9-18-14(7-6-13(17)16(18)19)12-5-8-15(20-3)11(2)10-12/h5-8,10H,4,9,17H2,1-3H3. The molecule has 0 aliphatic rings. The summed E-state index contributed by atoms with van der Waals surface area (Å²) in [5.41, 5.74) is 8.80. The maximum Gasteiger partial charge on any atom is 0.274 e. The summed E-state index contributed by atoms with van der Waals surface area (Å²) in [6, 6.07) is 9.47. The average Bonchev–Trinajstić information content (AvgIpc) is 2.44. The van der Waals surface area contributed by atoms with Crippen LogP contribution in [0, 0.1) is 6.92 Å². The first-order valence-electron chi connectivity index (χ1n) is 6.72. The van der Waals surface area contributed by atoms with Crippen LogP contribution in [0.5, 0.6) is 5.75 Å². The van der Waals surface area contributed by atoms with E-state index in [1.807, 2.05) is 38.1 Å². The van der Waals surface area contributed by atoms with Crippen molar-refractivity contribution in [2.75, 3.05) is 12.8 Å². The molecule has 0 aliphatic heterocycles. The number of aryl methyl sites for hydroxylation is 1. The monoisotopic (exact) mass is 272 g/mol. The molecule has 0 fully saturated rings. The molecule has 2 N–H and O–H groups in total. The lowest BCUT2D eigenvalue weighted by Gasteiger charge is -2.14. The second-order valence-corrected chi connectivity index (χ2v) is 4.82. The van der Waals surface area contributed by atoms with Gasteiger partial charge in [-0.3, -0.25) is 4.79 Å². The van der Waals surface area contributed by atoms with Crippen molar-refractivity contribution in [2.45, 2.75) is 26.8 Å². The smallest absolute Gasteiger partial charge is 0.274 e. The predicted octanol–water partition coefficient (Wildman–Crippen LogP) is 2.82. The summed E-state index contributed by atoms with van der Waals surface area (Å²) >= 11 is 0. The summed E-state index contributed by atoms with van der Waals surface area (Å²) in [5.74, 6) is 0.841. The van der Waals surface area contributed by atoms with Crippen molar-refractivity contribution in [2.24, 2.45) is 0 Å². The van der Waals surface area contributed by atoms with Gasteiger partial charge in [0, 0.05) is 6.54 Å². The number of pyridine rings is 1. The van der Waals surface area contributed by atoms with Crippen LogP contribution in [-0.2, 0) is 6.54 Å². The zero-order valence-electron chi connectivity index (χ0n) is 12.1. The highest BCUT2D eigenvalue weighted by atomic mass is 16.5. The second kappa shape index (κ2) is 5.82. The molecule has 0 aliphatic carbocycles. The van der Waals surface area contributed by atoms with Crippen LogP contribution in [0.1, 0.15) is 18.9 Å². The van der Waals surface area contributed by atoms with E-state index in [1.54, 1.807) is 17.7 Å². The molecule has 4 heteroatoms. The van der Waals surface area contributed by atoms with Gasteiger partial charge in [0.25, 0.3) is 5.56 Å². The Labute approximate surface area is 118 Å². The molecule has 0 atom stereocenters. The first kappa shape index (κ1) is 14.2. The molecule has 2 aromatic rings. The SMILES string of the molecule is CCCn1c(-c2ccc(OC)c(C)c2)ccc(N)c1=O. The van der Waals surface area contributed by atoms with E-state index >= 15 is 0 Å². The van der Waals surface area contributed by atoms with Gasteiger partial charge in [-0.05, 0) is 54.8 Å². The van der Waals surface area contributed by atoms with Gasteiger partial charge in [0.2, 0.25) is 0 Å². The molecule has 0 spiro atoms. The highest BCUT2D eigenvalue weighted by Gasteiger charge is 2.09. The number of nitrogens with two attached hydrogens (primary N) is 1. The van der Waals surface area contributed by atoms with Crippen molar-refractivity contribution >= 4 is 5.69 Å². The number of aromatic nitrogens is 1. The van der Waals surface area contributed by atoms with E-state index in [2.05, 4.69) is 0 Å². The lowest BCUT2D eigenvalue weighted by atomic mass is 10.1. The normalized spacial score (nSPS) is 10.6. The summed E-state index contributed by atoms with van der Waals surface area (Å²) in [6.45, 7) is 4.69. The first-order chi connectivity index (χ1) is 9.58. The Bertz CT molecular complexity index is 675. The zero-order valence-corrected chi connectivity index (χ0v) is 12.1. The second-order valence-electron chi connectivity index (χ2n) is 4.82. The topological polar surface area (TPSA) is 57.2 Å². The molecular weight excluding hydrogens is 252 g/mol. The lowest BCUT2D eigenvalue weighted by molar-refractivity contribution is 0.412. The highest BCUT2D eigenvalue weighted by molar-refractivity contribution is 5.64. The molecule has 1 heterocycles. The number of hydrogen-bond donors (Lipinski definition) is 1. The molecule has 0 unspecified atom stereocenters. The van der Waals surface area contributed by atoms with Crippen molar-refractivity contribution in [3.63, 3.8) is 0 Å². The van der Waals surface area contributed by atoms with E-state index < -0.39 is 0 Å². The minimum absolute atomic E-state index is 0.127. The van der Waals surface area contributed by atoms with Gasteiger partial charge >= 0.3 is 0 Å². The van der Waals surface area contributed by atoms with Gasteiger partial charge in [-0.25, -0.2) is 0 Å². The molecule has 1 aromatic carbocycles. The molecule has 0 saturated heterocycles. The first-order valence-corrected chi connectivity index (χ1v) is 6.72. The van der Waals surface area contributed by atoms with Crippen LogP contribution < -0.4 is 16.0 Å². The average molecular weight is 272 g/mol. The molecule has 0 bridgehead atoms. The van der Waals surface area contributed by atoms with Crippen molar-refractivity contribution in [1.82, 2.24) is 4.57 Å². The van der Waals surface area contributed by atoms with Gasteiger partial charge in [0.05, 0.1) is 18.5 Å². The fraction of sp³-hybridized carbons (Fsp3) is 0.312. The number of anilines is 1. The maximum atomic E-state index is 12.2. The van der Waals surface area contributed by atoms with E-state index in [4.69, 9.17) is 10.5 Å². The van der Waals surface area contributed by atoms with Crippen LogP contribution in [0.3, 0.4) is 0 Å². The van der Waals surface area contributed by atoms with Gasteiger partial charge in [-0.15, -0.1) is 0 Å². The number of nitrogen functional groups attached to an aromatic ring is 1. The van der Waals surface area contributed by atoms with Crippen LogP contribution in [0.25, 0.3) is 11.3 Å². The third-order valence-electron chi connectivity index (χ3n) is 3.34. The lowest BCUT2D eigenvalue weighted by Crippen LogP contribution is -2.24. The molecule has 106 valence electrons. The predicted molar refractivity (Wildman–Crippen MR) is 82.1 cm³/mol. The number of benzene rings is 1. The number of methoxy groups -OCH3 is 1. The van der Waals surface area contributed by atoms with Crippen molar-refractivity contribution in [1.29, 1.82) is 0 Å². The minimum Gasteiger partial charge on any atom is -0.496 e. The molecule has 2 rings (SSSR count). The van der Waals surface area contributed by atoms with Crippen LogP contribution in [0.2, 0.25) is 0 Å². The Morgan fingerprint density at radius 2 is 2.00 bits per heavy atom. The molecule has 1 aromatic heterocycles. The van der Waals surface area contributed by atoms with Gasteiger partial charge in [0.1, 0.15) is 5.75 Å². The van der Waals surface area contributed by atoms with E-state index in [-0.39, 0.29) is 11.2 Å². The zero-order chi connectivity index (χ0) is 14.7. The largest absolute Gasteiger partial charge is 0.496 e. The van der Waals surface area contributed by atoms with Crippen LogP contribution in [0.4, 0.5) is 5.69 Å². The Morgan fingerprint density at radius 1 is 1.25 bits per heavy atom. The Hall–Kier alpha value is -2.23. The van der Waals surface area contributed by atoms with Crippen LogP contribution in [0.15, 0.2) is 35.1 Å². The summed E-state index contributed by atoms with van der Waals surface area (Å²) in [6.07, 6.45) is 0.880. The molecule has 20 heavy (non-hydrogen) atoms. The quantitative estimate of drug-likeness (QED) is 0.931. The molecule has 0 radical (unpaired) electrons. The number of hydrogen-bond acceptors (Lipinski definition) is 3. The Morgan fingerprint density at radius 3 is 2.60 bits per heavy atom. The summed E-state index contributed by atoms with van der Waals surface area (Å²) < 4.78 is 7.00. The fourth-order valence-electron chi connectivity index (χ4n) is 2.33. The summed E-state index contributed by atoms with van der Waals surface area (Å²) in [7, 11) is 1.65. The van der Waals surface area contributed by atoms with Gasteiger partial charge in [-0.1, -0.05) is 6.92 Å². The van der Waals surface area contributed by atoms with Crippen LogP contribution in [-0.4, -0.2) is 11.7 Å². The van der Waals surface area contributed by atoms with E-state index in [0.717, 1.165) is 29.0 Å². The van der Waals surface area contributed by atoms with Crippen LogP contribution >= 0.6 is 0 Å². The molecule has 0 saturated carbocycles. The Balaban J connectivity index is 2.60. The highest BCUT2D eigenvalue weighted by Crippen LogP contribution is 2.26. The summed E-state index contributed by atoms with van der Waals surface area (Å²) in [5, 5.41) is 0.